The normalized spacial score (nSPS) is 20.1. The third-order valence-corrected chi connectivity index (χ3v) is 3.79. The van der Waals surface area contributed by atoms with E-state index in [-0.39, 0.29) is 23.5 Å². The lowest BCUT2D eigenvalue weighted by Crippen LogP contribution is -2.30. The van der Waals surface area contributed by atoms with Crippen molar-refractivity contribution >= 4 is 29.3 Å². The smallest absolute Gasteiger partial charge is 0.243 e. The minimum absolute atomic E-state index is 0.121. The summed E-state index contributed by atoms with van der Waals surface area (Å²) in [4.78, 5) is 28.8. The van der Waals surface area contributed by atoms with Crippen LogP contribution in [0.2, 0.25) is 0 Å². The van der Waals surface area contributed by atoms with Gasteiger partial charge in [-0.05, 0) is 19.1 Å². The first-order chi connectivity index (χ1) is 8.13. The molecule has 1 atom stereocenters. The fourth-order valence-electron chi connectivity index (χ4n) is 1.71. The molecule has 2 heterocycles. The van der Waals surface area contributed by atoms with Crippen LogP contribution >= 0.6 is 11.8 Å². The Morgan fingerprint density at radius 1 is 1.59 bits per heavy atom. The van der Waals surface area contributed by atoms with Crippen molar-refractivity contribution in [1.29, 1.82) is 0 Å². The number of carbonyl (C=O) groups is 2. The summed E-state index contributed by atoms with van der Waals surface area (Å²) in [5, 5.41) is 0.219. The first kappa shape index (κ1) is 11.9. The molecule has 2 rings (SSSR count). The van der Waals surface area contributed by atoms with Crippen molar-refractivity contribution in [2.45, 2.75) is 23.6 Å². The highest BCUT2D eigenvalue weighted by molar-refractivity contribution is 8.00. The summed E-state index contributed by atoms with van der Waals surface area (Å²) >= 11 is 1.26. The highest BCUT2D eigenvalue weighted by atomic mass is 32.2. The van der Waals surface area contributed by atoms with E-state index in [4.69, 9.17) is 5.73 Å². The monoisotopic (exact) mass is 251 g/mol. The minimum Gasteiger partial charge on any atom is -0.397 e. The lowest BCUT2D eigenvalue weighted by molar-refractivity contribution is -0.137. The van der Waals surface area contributed by atoms with Gasteiger partial charge in [-0.25, -0.2) is 4.98 Å². The molecule has 2 N–H and O–H groups in total. The van der Waals surface area contributed by atoms with Gasteiger partial charge in [0.15, 0.2) is 0 Å². The molecule has 1 fully saturated rings. The maximum atomic E-state index is 11.9. The molecule has 1 unspecified atom stereocenters. The predicted molar refractivity (Wildman–Crippen MR) is 65.3 cm³/mol. The van der Waals surface area contributed by atoms with Crippen LogP contribution in [0.15, 0.2) is 23.4 Å². The fourth-order valence-corrected chi connectivity index (χ4v) is 2.76. The second-order valence-corrected chi connectivity index (χ2v) is 4.88. The summed E-state index contributed by atoms with van der Waals surface area (Å²) in [5.74, 6) is -0.267. The molecule has 17 heavy (non-hydrogen) atoms. The average Bonchev–Trinajstić information content (AvgIpc) is 2.57. The van der Waals surface area contributed by atoms with E-state index in [9.17, 15) is 9.59 Å². The molecular formula is C11H13N3O2S. The fraction of sp³-hybridized carbons (Fsp3) is 0.364. The summed E-state index contributed by atoms with van der Waals surface area (Å²) in [6.45, 7) is 2.21. The van der Waals surface area contributed by atoms with Crippen LogP contribution in [0.25, 0.3) is 0 Å². The minimum atomic E-state index is -0.389. The van der Waals surface area contributed by atoms with E-state index in [1.807, 2.05) is 0 Å². The number of thioether (sulfide) groups is 1. The quantitative estimate of drug-likeness (QED) is 0.808. The summed E-state index contributed by atoms with van der Waals surface area (Å²) in [5.41, 5.74) is 6.29. The van der Waals surface area contributed by atoms with Crippen molar-refractivity contribution in [3.63, 3.8) is 0 Å². The Labute approximate surface area is 103 Å². The molecule has 0 radical (unpaired) electrons. The number of hydrogen-bond acceptors (Lipinski definition) is 5. The van der Waals surface area contributed by atoms with Crippen LogP contribution in [0.1, 0.15) is 13.3 Å². The number of hydrogen-bond donors (Lipinski definition) is 1. The van der Waals surface area contributed by atoms with Gasteiger partial charge in [-0.3, -0.25) is 14.5 Å². The van der Waals surface area contributed by atoms with Crippen LogP contribution < -0.4 is 5.73 Å². The second kappa shape index (κ2) is 4.75. The van der Waals surface area contributed by atoms with Gasteiger partial charge in [0.25, 0.3) is 0 Å². The molecule has 1 saturated heterocycles. The van der Waals surface area contributed by atoms with Crippen molar-refractivity contribution in [3.8, 4) is 0 Å². The number of nitrogens with zero attached hydrogens (tertiary/aromatic N) is 2. The van der Waals surface area contributed by atoms with Gasteiger partial charge in [-0.2, -0.15) is 0 Å². The lowest BCUT2D eigenvalue weighted by Gasteiger charge is -2.11. The maximum absolute atomic E-state index is 11.9. The van der Waals surface area contributed by atoms with Gasteiger partial charge in [0.2, 0.25) is 11.8 Å². The van der Waals surface area contributed by atoms with Crippen molar-refractivity contribution in [1.82, 2.24) is 9.88 Å². The standard InChI is InChI=1S/C11H13N3O2S/c1-2-14-9(15)6-8(11(14)16)17-10-7(12)4-3-5-13-10/h3-5,8H,2,6,12H2,1H3. The molecule has 0 aromatic carbocycles. The zero-order valence-electron chi connectivity index (χ0n) is 9.42. The van der Waals surface area contributed by atoms with Crippen LogP contribution in [0.5, 0.6) is 0 Å². The van der Waals surface area contributed by atoms with Crippen LogP contribution in [-0.4, -0.2) is 33.5 Å². The topological polar surface area (TPSA) is 76.3 Å². The van der Waals surface area contributed by atoms with Gasteiger partial charge in [-0.15, -0.1) is 0 Å². The largest absolute Gasteiger partial charge is 0.397 e. The van der Waals surface area contributed by atoms with Gasteiger partial charge in [-0.1, -0.05) is 11.8 Å². The molecule has 1 aliphatic rings. The van der Waals surface area contributed by atoms with E-state index in [1.54, 1.807) is 25.3 Å². The van der Waals surface area contributed by atoms with Crippen LogP contribution in [0, 0.1) is 0 Å². The Morgan fingerprint density at radius 3 is 2.94 bits per heavy atom. The van der Waals surface area contributed by atoms with Crippen LogP contribution in [-0.2, 0) is 9.59 Å². The molecule has 1 aromatic rings. The molecular weight excluding hydrogens is 238 g/mol. The van der Waals surface area contributed by atoms with E-state index in [0.29, 0.717) is 17.3 Å². The number of likely N-dealkylation sites (tertiary alicyclic amines) is 1. The number of nitrogen functional groups attached to an aromatic ring is 1. The Bertz CT molecular complexity index is 464. The molecule has 2 amide bonds. The van der Waals surface area contributed by atoms with Gasteiger partial charge in [0, 0.05) is 19.2 Å². The van der Waals surface area contributed by atoms with Gasteiger partial charge in [0.05, 0.1) is 10.9 Å². The van der Waals surface area contributed by atoms with Crippen molar-refractivity contribution < 1.29 is 9.59 Å². The number of anilines is 1. The molecule has 5 nitrogen and oxygen atoms in total. The van der Waals surface area contributed by atoms with E-state index in [2.05, 4.69) is 4.98 Å². The van der Waals surface area contributed by atoms with Crippen molar-refractivity contribution in [2.75, 3.05) is 12.3 Å². The van der Waals surface area contributed by atoms with Gasteiger partial charge in [0.1, 0.15) is 5.03 Å². The van der Waals surface area contributed by atoms with E-state index in [1.165, 1.54) is 16.7 Å². The maximum Gasteiger partial charge on any atom is 0.243 e. The molecule has 90 valence electrons. The summed E-state index contributed by atoms with van der Waals surface area (Å²) in [6, 6.07) is 3.47. The van der Waals surface area contributed by atoms with Gasteiger partial charge < -0.3 is 5.73 Å². The molecule has 0 spiro atoms. The predicted octanol–water partition coefficient (Wildman–Crippen LogP) is 0.903. The van der Waals surface area contributed by atoms with Crippen LogP contribution in [0.4, 0.5) is 5.69 Å². The number of carbonyl (C=O) groups excluding carboxylic acids is 2. The van der Waals surface area contributed by atoms with Crippen molar-refractivity contribution in [2.24, 2.45) is 0 Å². The number of pyridine rings is 1. The van der Waals surface area contributed by atoms with Crippen molar-refractivity contribution in [3.05, 3.63) is 18.3 Å². The number of rotatable bonds is 3. The first-order valence-electron chi connectivity index (χ1n) is 5.34. The average molecular weight is 251 g/mol. The molecule has 0 aliphatic carbocycles. The Kier molecular flexibility index (Phi) is 3.33. The third kappa shape index (κ3) is 2.26. The van der Waals surface area contributed by atoms with E-state index in [0.717, 1.165) is 0 Å². The summed E-state index contributed by atoms with van der Waals surface area (Å²) < 4.78 is 0. The number of aromatic nitrogens is 1. The second-order valence-electron chi connectivity index (χ2n) is 3.68. The highest BCUT2D eigenvalue weighted by Gasteiger charge is 2.38. The number of nitrogens with two attached hydrogens (primary N) is 1. The Morgan fingerprint density at radius 2 is 2.35 bits per heavy atom. The molecule has 0 saturated carbocycles. The molecule has 1 aliphatic heterocycles. The molecule has 6 heteroatoms. The van der Waals surface area contributed by atoms with E-state index < -0.39 is 0 Å². The summed E-state index contributed by atoms with van der Waals surface area (Å²) in [6.07, 6.45) is 1.85. The van der Waals surface area contributed by atoms with Gasteiger partial charge >= 0.3 is 0 Å². The highest BCUT2D eigenvalue weighted by Crippen LogP contribution is 2.32. The molecule has 0 bridgehead atoms. The van der Waals surface area contributed by atoms with E-state index >= 15 is 0 Å². The first-order valence-corrected chi connectivity index (χ1v) is 6.22. The lowest BCUT2D eigenvalue weighted by atomic mass is 10.4. The molecule has 1 aromatic heterocycles. The zero-order chi connectivity index (χ0) is 12.4. The Balaban J connectivity index is 2.14. The Hall–Kier alpha value is -1.56. The zero-order valence-corrected chi connectivity index (χ0v) is 10.2. The third-order valence-electron chi connectivity index (χ3n) is 2.57. The van der Waals surface area contributed by atoms with Crippen LogP contribution in [0.3, 0.4) is 0 Å². The number of amides is 2. The number of imide groups is 1. The summed E-state index contributed by atoms with van der Waals surface area (Å²) in [7, 11) is 0. The SMILES string of the molecule is CCN1C(=O)CC(Sc2ncccc2N)C1=O.